The van der Waals surface area contributed by atoms with Crippen LogP contribution in [0.5, 0.6) is 0 Å². The van der Waals surface area contributed by atoms with Gasteiger partial charge in [0.1, 0.15) is 6.04 Å². The molecule has 2 atom stereocenters. The van der Waals surface area contributed by atoms with Gasteiger partial charge in [0.05, 0.1) is 4.88 Å². The van der Waals surface area contributed by atoms with Crippen molar-refractivity contribution in [2.24, 2.45) is 0 Å². The lowest BCUT2D eigenvalue weighted by Crippen LogP contribution is -2.92. The highest BCUT2D eigenvalue weighted by Crippen LogP contribution is 2.23. The zero-order valence-corrected chi connectivity index (χ0v) is 14.6. The van der Waals surface area contributed by atoms with Crippen molar-refractivity contribution < 1.29 is 10.1 Å². The highest BCUT2D eigenvalue weighted by atomic mass is 32.1. The van der Waals surface area contributed by atoms with E-state index in [0.717, 1.165) is 19.3 Å². The maximum absolute atomic E-state index is 12.3. The lowest BCUT2D eigenvalue weighted by Gasteiger charge is -2.19. The molecule has 1 aliphatic carbocycles. The van der Waals surface area contributed by atoms with Crippen LogP contribution in [0.3, 0.4) is 0 Å². The predicted octanol–water partition coefficient (Wildman–Crippen LogP) is 2.63. The van der Waals surface area contributed by atoms with Crippen molar-refractivity contribution in [3.63, 3.8) is 0 Å². The van der Waals surface area contributed by atoms with Gasteiger partial charge in [-0.2, -0.15) is 0 Å². The molecule has 2 aromatic rings. The molecule has 3 rings (SSSR count). The van der Waals surface area contributed by atoms with Gasteiger partial charge in [-0.1, -0.05) is 37.3 Å². The van der Waals surface area contributed by atoms with E-state index in [0.29, 0.717) is 6.04 Å². The molecule has 122 valence electrons. The van der Waals surface area contributed by atoms with E-state index in [1.165, 1.54) is 16.0 Å². The monoisotopic (exact) mass is 329 g/mol. The summed E-state index contributed by atoms with van der Waals surface area (Å²) in [5.41, 5.74) is 2.61. The Hall–Kier alpha value is -1.65. The summed E-state index contributed by atoms with van der Waals surface area (Å²) in [6, 6.07) is 13.5. The Morgan fingerprint density at radius 1 is 1.30 bits per heavy atom. The van der Waals surface area contributed by atoms with Crippen molar-refractivity contribution in [2.45, 2.75) is 51.2 Å². The highest BCUT2D eigenvalue weighted by molar-refractivity contribution is 7.10. The Morgan fingerprint density at radius 2 is 2.04 bits per heavy atom. The van der Waals surface area contributed by atoms with Crippen molar-refractivity contribution in [3.8, 4) is 0 Å². The van der Waals surface area contributed by atoms with Crippen molar-refractivity contribution in [3.05, 3.63) is 57.8 Å². The number of nitrogens with one attached hydrogen (secondary N) is 1. The fourth-order valence-electron chi connectivity index (χ4n) is 2.74. The van der Waals surface area contributed by atoms with Crippen LogP contribution >= 0.6 is 11.3 Å². The summed E-state index contributed by atoms with van der Waals surface area (Å²) in [7, 11) is 0. The first-order chi connectivity index (χ1) is 11.2. The minimum Gasteiger partial charge on any atom is -0.348 e. The molecule has 0 spiro atoms. The van der Waals surface area contributed by atoms with E-state index in [2.05, 4.69) is 59.3 Å². The molecule has 0 saturated heterocycles. The van der Waals surface area contributed by atoms with Crippen LogP contribution in [-0.4, -0.2) is 18.0 Å². The van der Waals surface area contributed by atoms with Gasteiger partial charge in [0.2, 0.25) is 0 Å². The molecule has 23 heavy (non-hydrogen) atoms. The molecule has 1 amide bonds. The van der Waals surface area contributed by atoms with Gasteiger partial charge in [0, 0.05) is 11.6 Å². The van der Waals surface area contributed by atoms with Crippen molar-refractivity contribution in [1.82, 2.24) is 5.32 Å². The fraction of sp³-hybridized carbons (Fsp3) is 0.421. The van der Waals surface area contributed by atoms with E-state index in [-0.39, 0.29) is 18.0 Å². The quantitative estimate of drug-likeness (QED) is 0.806. The number of quaternary nitrogens is 1. The Balaban J connectivity index is 1.76. The van der Waals surface area contributed by atoms with Crippen LogP contribution in [0.1, 0.15) is 48.7 Å². The van der Waals surface area contributed by atoms with Crippen molar-refractivity contribution in [2.75, 3.05) is 0 Å². The fourth-order valence-corrected chi connectivity index (χ4v) is 3.57. The maximum atomic E-state index is 12.3. The largest absolute Gasteiger partial charge is 0.348 e. The Labute approximate surface area is 142 Å². The highest BCUT2D eigenvalue weighted by Gasteiger charge is 2.29. The average Bonchev–Trinajstić information content (AvgIpc) is 3.22. The third-order valence-corrected chi connectivity index (χ3v) is 5.37. The number of hydrogen-bond acceptors (Lipinski definition) is 2. The summed E-state index contributed by atoms with van der Waals surface area (Å²) in [4.78, 5) is 13.6. The molecule has 0 unspecified atom stereocenters. The first kappa shape index (κ1) is 16.2. The number of hydrogen-bond donors (Lipinski definition) is 2. The van der Waals surface area contributed by atoms with Gasteiger partial charge in [-0.25, -0.2) is 0 Å². The molecule has 0 radical (unpaired) electrons. The smallest absolute Gasteiger partial charge is 0.278 e. The van der Waals surface area contributed by atoms with E-state index >= 15 is 0 Å². The third kappa shape index (κ3) is 4.21. The van der Waals surface area contributed by atoms with E-state index < -0.39 is 0 Å². The number of thiophene rings is 1. The second kappa shape index (κ2) is 7.28. The number of amides is 1. The number of aryl methyl sites for hydroxylation is 1. The summed E-state index contributed by atoms with van der Waals surface area (Å²) in [5.74, 6) is 0.152. The van der Waals surface area contributed by atoms with Gasteiger partial charge >= 0.3 is 0 Å². The Kier molecular flexibility index (Phi) is 5.13. The predicted molar refractivity (Wildman–Crippen MR) is 94.5 cm³/mol. The van der Waals surface area contributed by atoms with Crippen LogP contribution in [0.4, 0.5) is 0 Å². The van der Waals surface area contributed by atoms with Crippen LogP contribution in [0.15, 0.2) is 41.8 Å². The van der Waals surface area contributed by atoms with Crippen molar-refractivity contribution in [1.29, 1.82) is 0 Å². The summed E-state index contributed by atoms with van der Waals surface area (Å²) in [5, 5.41) is 7.39. The minimum absolute atomic E-state index is 0.0893. The number of carbonyl (C=O) groups excluding carboxylic acids is 1. The molecule has 1 fully saturated rings. The van der Waals surface area contributed by atoms with Gasteiger partial charge in [-0.3, -0.25) is 4.79 Å². The summed E-state index contributed by atoms with van der Waals surface area (Å²) >= 11 is 1.75. The lowest BCUT2D eigenvalue weighted by atomic mass is 10.0. The SMILES string of the molecule is CCc1ccc([C@@H]([NH2+][C@@H](C)C(=O)NC2CC2)c2cccs2)cc1. The summed E-state index contributed by atoms with van der Waals surface area (Å²) < 4.78 is 0. The summed E-state index contributed by atoms with van der Waals surface area (Å²) in [6.45, 7) is 4.17. The summed E-state index contributed by atoms with van der Waals surface area (Å²) in [6.07, 6.45) is 3.31. The number of benzene rings is 1. The normalized spacial score (nSPS) is 16.8. The second-order valence-corrected chi connectivity index (χ2v) is 7.33. The molecule has 1 aromatic carbocycles. The van der Waals surface area contributed by atoms with Crippen LogP contribution in [0.25, 0.3) is 0 Å². The standard InChI is InChI=1S/C19H24N2OS/c1-3-14-6-8-15(9-7-14)18(17-5-4-12-23-17)20-13(2)19(22)21-16-10-11-16/h4-9,12-13,16,18,20H,3,10-11H2,1-2H3,(H,21,22)/p+1/t13-,18+/m0/s1. The maximum Gasteiger partial charge on any atom is 0.278 e. The molecule has 1 aliphatic rings. The molecule has 1 heterocycles. The first-order valence-electron chi connectivity index (χ1n) is 8.45. The molecule has 3 nitrogen and oxygen atoms in total. The lowest BCUT2D eigenvalue weighted by molar-refractivity contribution is -0.704. The topological polar surface area (TPSA) is 45.7 Å². The molecular weight excluding hydrogens is 304 g/mol. The number of rotatable bonds is 7. The zero-order chi connectivity index (χ0) is 16.2. The van der Waals surface area contributed by atoms with Crippen LogP contribution in [-0.2, 0) is 11.2 Å². The minimum atomic E-state index is -0.0893. The molecule has 3 N–H and O–H groups in total. The number of carbonyl (C=O) groups is 1. The second-order valence-electron chi connectivity index (χ2n) is 6.35. The molecule has 1 saturated carbocycles. The molecular formula is C19H25N2OS+. The van der Waals surface area contributed by atoms with E-state index in [1.54, 1.807) is 11.3 Å². The Bertz CT molecular complexity index is 632. The molecule has 1 aromatic heterocycles. The van der Waals surface area contributed by atoms with Crippen molar-refractivity contribution >= 4 is 17.2 Å². The van der Waals surface area contributed by atoms with E-state index in [4.69, 9.17) is 0 Å². The average molecular weight is 329 g/mol. The zero-order valence-electron chi connectivity index (χ0n) is 13.8. The first-order valence-corrected chi connectivity index (χ1v) is 9.33. The number of nitrogens with two attached hydrogens (primary N) is 1. The molecule has 0 bridgehead atoms. The third-order valence-electron chi connectivity index (χ3n) is 4.42. The van der Waals surface area contributed by atoms with Gasteiger partial charge in [0.25, 0.3) is 5.91 Å². The van der Waals surface area contributed by atoms with E-state index in [9.17, 15) is 4.79 Å². The van der Waals surface area contributed by atoms with Gasteiger partial charge < -0.3 is 10.6 Å². The van der Waals surface area contributed by atoms with Crippen LogP contribution in [0.2, 0.25) is 0 Å². The van der Waals surface area contributed by atoms with Crippen LogP contribution in [0, 0.1) is 0 Å². The van der Waals surface area contributed by atoms with Crippen LogP contribution < -0.4 is 10.6 Å². The molecule has 0 aliphatic heterocycles. The Morgan fingerprint density at radius 3 is 2.61 bits per heavy atom. The van der Waals surface area contributed by atoms with Gasteiger partial charge in [-0.05, 0) is 43.2 Å². The van der Waals surface area contributed by atoms with Gasteiger partial charge in [0.15, 0.2) is 6.04 Å². The molecule has 4 heteroatoms. The van der Waals surface area contributed by atoms with Gasteiger partial charge in [-0.15, -0.1) is 11.3 Å². The van der Waals surface area contributed by atoms with E-state index in [1.807, 2.05) is 6.92 Å².